The van der Waals surface area contributed by atoms with E-state index in [1.54, 1.807) is 4.90 Å². The van der Waals surface area contributed by atoms with Gasteiger partial charge >= 0.3 is 0 Å². The number of halogens is 1. The Morgan fingerprint density at radius 2 is 2.16 bits per heavy atom. The van der Waals surface area contributed by atoms with Gasteiger partial charge in [-0.05, 0) is 12.8 Å². The van der Waals surface area contributed by atoms with Gasteiger partial charge in [0.05, 0.1) is 11.1 Å². The maximum Gasteiger partial charge on any atom is 0.287 e. The number of carbonyl (C=O) groups is 1. The van der Waals surface area contributed by atoms with Crippen molar-refractivity contribution in [2.45, 2.75) is 32.7 Å². The van der Waals surface area contributed by atoms with Crippen molar-refractivity contribution in [2.24, 2.45) is 0 Å². The summed E-state index contributed by atoms with van der Waals surface area (Å²) in [6.07, 6.45) is 2.96. The number of hydrogen-bond acceptors (Lipinski definition) is 3. The monoisotopic (exact) mass is 331 g/mol. The van der Waals surface area contributed by atoms with Crippen molar-refractivity contribution < 1.29 is 9.72 Å². The third-order valence-electron chi connectivity index (χ3n) is 3.08. The molecule has 19 heavy (non-hydrogen) atoms. The minimum Gasteiger partial charge on any atom is -0.351 e. The third-order valence-corrected chi connectivity index (χ3v) is 3.43. The van der Waals surface area contributed by atoms with Gasteiger partial charge in [-0.2, -0.15) is 0 Å². The Hall–Kier alpha value is -1.37. The van der Waals surface area contributed by atoms with Gasteiger partial charge in [0.25, 0.3) is 11.6 Å². The number of alkyl halides is 1. The van der Waals surface area contributed by atoms with Crippen LogP contribution in [0.15, 0.2) is 12.3 Å². The van der Waals surface area contributed by atoms with E-state index in [0.29, 0.717) is 11.9 Å². The fraction of sp³-hybridized carbons (Fsp3) is 0.583. The normalized spacial score (nSPS) is 10.7. The quantitative estimate of drug-likeness (QED) is 0.474. The zero-order chi connectivity index (χ0) is 14.4. The number of nitrogens with one attached hydrogen (secondary N) is 1. The number of rotatable bonds is 7. The van der Waals surface area contributed by atoms with Gasteiger partial charge in [-0.25, -0.2) is 0 Å². The first-order valence-corrected chi connectivity index (χ1v) is 7.37. The molecule has 0 saturated carbocycles. The molecule has 0 fully saturated rings. The first-order chi connectivity index (χ1) is 9.04. The molecule has 6 nitrogen and oxygen atoms in total. The maximum absolute atomic E-state index is 12.4. The van der Waals surface area contributed by atoms with Crippen LogP contribution in [0.25, 0.3) is 0 Å². The SMILES string of the molecule is CCC(CC)N(CCBr)C(=O)c1cc([N+](=O)[O-])c[nH]1. The summed E-state index contributed by atoms with van der Waals surface area (Å²) in [5, 5.41) is 11.3. The van der Waals surface area contributed by atoms with Crippen LogP contribution in [0, 0.1) is 10.1 Å². The standard InChI is InChI=1S/C12H18BrN3O3/c1-3-9(4-2)15(6-5-13)12(17)11-7-10(8-14-11)16(18)19/h7-9,14H,3-6H2,1-2H3. The summed E-state index contributed by atoms with van der Waals surface area (Å²) in [5.74, 6) is -0.193. The van der Waals surface area contributed by atoms with E-state index in [-0.39, 0.29) is 23.3 Å². The maximum atomic E-state index is 12.4. The predicted molar refractivity (Wildman–Crippen MR) is 76.6 cm³/mol. The van der Waals surface area contributed by atoms with E-state index < -0.39 is 4.92 Å². The lowest BCUT2D eigenvalue weighted by molar-refractivity contribution is -0.384. The van der Waals surface area contributed by atoms with Gasteiger partial charge in [0.2, 0.25) is 0 Å². The molecule has 0 aliphatic rings. The number of amides is 1. The van der Waals surface area contributed by atoms with Crippen LogP contribution in [0.2, 0.25) is 0 Å². The fourth-order valence-corrected chi connectivity index (χ4v) is 2.42. The van der Waals surface area contributed by atoms with Crippen molar-refractivity contribution in [2.75, 3.05) is 11.9 Å². The van der Waals surface area contributed by atoms with Crippen molar-refractivity contribution >= 4 is 27.5 Å². The van der Waals surface area contributed by atoms with E-state index in [9.17, 15) is 14.9 Å². The highest BCUT2D eigenvalue weighted by Crippen LogP contribution is 2.17. The molecule has 0 aromatic carbocycles. The number of aromatic amines is 1. The van der Waals surface area contributed by atoms with Gasteiger partial charge in [-0.3, -0.25) is 14.9 Å². The molecule has 1 heterocycles. The van der Waals surface area contributed by atoms with Gasteiger partial charge in [0, 0.05) is 24.0 Å². The van der Waals surface area contributed by atoms with E-state index in [4.69, 9.17) is 0 Å². The molecule has 1 amide bonds. The molecule has 1 aromatic heterocycles. The minimum atomic E-state index is -0.515. The van der Waals surface area contributed by atoms with Gasteiger partial charge in [-0.1, -0.05) is 29.8 Å². The Balaban J connectivity index is 2.94. The summed E-state index contributed by atoms with van der Waals surface area (Å²) in [6, 6.07) is 1.43. The molecule has 0 unspecified atom stereocenters. The summed E-state index contributed by atoms with van der Waals surface area (Å²) >= 11 is 3.33. The number of H-pyrrole nitrogens is 1. The van der Waals surface area contributed by atoms with E-state index in [2.05, 4.69) is 20.9 Å². The second-order valence-corrected chi connectivity index (χ2v) is 4.98. The summed E-state index contributed by atoms with van der Waals surface area (Å²) < 4.78 is 0. The van der Waals surface area contributed by atoms with Gasteiger partial charge in [0.1, 0.15) is 5.69 Å². The summed E-state index contributed by atoms with van der Waals surface area (Å²) in [4.78, 5) is 26.9. The van der Waals surface area contributed by atoms with Crippen molar-refractivity contribution in [1.29, 1.82) is 0 Å². The number of nitrogens with zero attached hydrogens (tertiary/aromatic N) is 2. The zero-order valence-electron chi connectivity index (χ0n) is 11.1. The highest BCUT2D eigenvalue weighted by molar-refractivity contribution is 9.09. The molecule has 0 aliphatic heterocycles. The van der Waals surface area contributed by atoms with E-state index >= 15 is 0 Å². The van der Waals surface area contributed by atoms with Crippen molar-refractivity contribution in [3.05, 3.63) is 28.1 Å². The fourth-order valence-electron chi connectivity index (χ4n) is 2.04. The van der Waals surface area contributed by atoms with Crippen LogP contribution in [0.1, 0.15) is 37.2 Å². The van der Waals surface area contributed by atoms with Crippen molar-refractivity contribution in [3.63, 3.8) is 0 Å². The Morgan fingerprint density at radius 3 is 2.58 bits per heavy atom. The van der Waals surface area contributed by atoms with Crippen LogP contribution in [-0.4, -0.2) is 38.6 Å². The smallest absolute Gasteiger partial charge is 0.287 e. The number of nitro groups is 1. The highest BCUT2D eigenvalue weighted by Gasteiger charge is 2.24. The first kappa shape index (κ1) is 15.7. The van der Waals surface area contributed by atoms with Gasteiger partial charge in [0.15, 0.2) is 0 Å². The molecule has 7 heteroatoms. The third kappa shape index (κ3) is 3.79. The Kier molecular flexibility index (Phi) is 6.01. The average Bonchev–Trinajstić information content (AvgIpc) is 2.88. The molecule has 106 valence electrons. The minimum absolute atomic E-state index is 0.0910. The molecular formula is C12H18BrN3O3. The number of carbonyl (C=O) groups excluding carboxylic acids is 1. The van der Waals surface area contributed by atoms with Crippen LogP contribution in [0.4, 0.5) is 5.69 Å². The molecule has 0 bridgehead atoms. The largest absolute Gasteiger partial charge is 0.351 e. The summed E-state index contributed by atoms with van der Waals surface area (Å²) in [6.45, 7) is 4.64. The Labute approximate surface area is 120 Å². The topological polar surface area (TPSA) is 79.2 Å². The van der Waals surface area contributed by atoms with E-state index in [0.717, 1.165) is 12.8 Å². The highest BCUT2D eigenvalue weighted by atomic mass is 79.9. The average molecular weight is 332 g/mol. The van der Waals surface area contributed by atoms with Crippen LogP contribution >= 0.6 is 15.9 Å². The number of hydrogen-bond donors (Lipinski definition) is 1. The summed E-state index contributed by atoms with van der Waals surface area (Å²) in [5.41, 5.74) is 0.172. The lowest BCUT2D eigenvalue weighted by Gasteiger charge is -2.29. The lowest BCUT2D eigenvalue weighted by Crippen LogP contribution is -2.41. The molecule has 1 rings (SSSR count). The zero-order valence-corrected chi connectivity index (χ0v) is 12.6. The molecule has 0 saturated heterocycles. The van der Waals surface area contributed by atoms with Crippen LogP contribution in [0.3, 0.4) is 0 Å². The van der Waals surface area contributed by atoms with Crippen molar-refractivity contribution in [1.82, 2.24) is 9.88 Å². The molecule has 1 N–H and O–H groups in total. The predicted octanol–water partition coefficient (Wildman–Crippen LogP) is 2.95. The van der Waals surface area contributed by atoms with Crippen LogP contribution < -0.4 is 0 Å². The Morgan fingerprint density at radius 1 is 1.53 bits per heavy atom. The second-order valence-electron chi connectivity index (χ2n) is 4.19. The molecule has 0 atom stereocenters. The molecule has 0 spiro atoms. The Bertz CT molecular complexity index is 443. The summed E-state index contributed by atoms with van der Waals surface area (Å²) in [7, 11) is 0. The van der Waals surface area contributed by atoms with Crippen LogP contribution in [0.5, 0.6) is 0 Å². The van der Waals surface area contributed by atoms with Crippen molar-refractivity contribution in [3.8, 4) is 0 Å². The molecule has 0 aliphatic carbocycles. The molecular weight excluding hydrogens is 314 g/mol. The molecule has 0 radical (unpaired) electrons. The van der Waals surface area contributed by atoms with Crippen LogP contribution in [-0.2, 0) is 0 Å². The molecule has 1 aromatic rings. The van der Waals surface area contributed by atoms with E-state index in [1.807, 2.05) is 13.8 Å². The second kappa shape index (κ2) is 7.28. The van der Waals surface area contributed by atoms with E-state index in [1.165, 1.54) is 12.3 Å². The first-order valence-electron chi connectivity index (χ1n) is 6.24. The van der Waals surface area contributed by atoms with Gasteiger partial charge in [-0.15, -0.1) is 0 Å². The number of aromatic nitrogens is 1. The van der Waals surface area contributed by atoms with Gasteiger partial charge < -0.3 is 9.88 Å². The lowest BCUT2D eigenvalue weighted by atomic mass is 10.1.